The molecule has 40 heavy (non-hydrogen) atoms. The first-order valence-corrected chi connectivity index (χ1v) is 9.39. The summed E-state index contributed by atoms with van der Waals surface area (Å²) in [5.74, 6) is -4.77. The molecule has 0 saturated heterocycles. The van der Waals surface area contributed by atoms with Gasteiger partial charge in [-0.15, -0.1) is 0 Å². The summed E-state index contributed by atoms with van der Waals surface area (Å²) in [6.45, 7) is 1.11. The van der Waals surface area contributed by atoms with Gasteiger partial charge in [-0.05, 0) is 6.92 Å². The monoisotopic (exact) mass is 676 g/mol. The molecule has 1 unspecified atom stereocenters. The summed E-state index contributed by atoms with van der Waals surface area (Å²) >= 11 is 0. The predicted molar refractivity (Wildman–Crippen MR) is 106 cm³/mol. The van der Waals surface area contributed by atoms with Crippen LogP contribution >= 0.6 is 0 Å². The molecule has 0 spiro atoms. The van der Waals surface area contributed by atoms with Crippen LogP contribution in [-0.4, -0.2) is 82.7 Å². The van der Waals surface area contributed by atoms with E-state index >= 15 is 0 Å². The zero-order valence-electron chi connectivity index (χ0n) is 20.2. The van der Waals surface area contributed by atoms with Gasteiger partial charge in [0, 0.05) is 12.8 Å². The molecule has 0 aromatic carbocycles. The van der Waals surface area contributed by atoms with E-state index in [1.165, 1.54) is 6.92 Å². The van der Waals surface area contributed by atoms with Crippen LogP contribution < -0.4 is 17.0 Å². The summed E-state index contributed by atoms with van der Waals surface area (Å²) in [5.41, 5.74) is 0. The number of aldehydes is 1. The Kier molecular flexibility index (Phi) is 19.1. The molecule has 0 fully saturated rings. The van der Waals surface area contributed by atoms with Crippen molar-refractivity contribution in [1.29, 1.82) is 0 Å². The number of aromatic nitrogens is 6. The van der Waals surface area contributed by atoms with Crippen LogP contribution in [0.2, 0.25) is 0 Å². The maximum Gasteiger partial charge on any atom is 2.00 e. The summed E-state index contributed by atoms with van der Waals surface area (Å²) in [7, 11) is 0. The minimum Gasteiger partial charge on any atom is -1.00 e. The molecule has 0 aliphatic rings. The van der Waals surface area contributed by atoms with E-state index in [0.717, 1.165) is 0 Å². The summed E-state index contributed by atoms with van der Waals surface area (Å²) in [4.78, 5) is 18.8. The molecular formula is C17H18BrF9MgN6O6. The molecular weight excluding hydrogens is 659 g/mol. The molecule has 3 aromatic rings. The van der Waals surface area contributed by atoms with Crippen LogP contribution in [-0.2, 0) is 42.6 Å². The molecule has 3 rings (SSSR count). The Morgan fingerprint density at radius 3 is 1.45 bits per heavy atom. The van der Waals surface area contributed by atoms with Crippen LogP contribution in [0.1, 0.15) is 42.1 Å². The van der Waals surface area contributed by atoms with Crippen molar-refractivity contribution in [2.75, 3.05) is 6.61 Å². The zero-order chi connectivity index (χ0) is 28.4. The van der Waals surface area contributed by atoms with Gasteiger partial charge < -0.3 is 53.0 Å². The van der Waals surface area contributed by atoms with E-state index < -0.39 is 42.3 Å². The smallest absolute Gasteiger partial charge is 1.00 e. The van der Waals surface area contributed by atoms with Gasteiger partial charge in [0.25, 0.3) is 0 Å². The fourth-order valence-electron chi connectivity index (χ4n) is 1.81. The molecule has 3 aromatic heterocycles. The van der Waals surface area contributed by atoms with Crippen molar-refractivity contribution in [3.8, 4) is 0 Å². The van der Waals surface area contributed by atoms with Gasteiger partial charge in [0.05, 0.1) is 19.1 Å². The van der Waals surface area contributed by atoms with Crippen molar-refractivity contribution in [2.24, 2.45) is 0 Å². The van der Waals surface area contributed by atoms with E-state index in [1.807, 2.05) is 0 Å². The Morgan fingerprint density at radius 1 is 0.775 bits per heavy atom. The van der Waals surface area contributed by atoms with E-state index in [-0.39, 0.29) is 90.8 Å². The fourth-order valence-corrected chi connectivity index (χ4v) is 1.81. The SMILES string of the molecule is CC(O)Cc1noc(C(F)(F)F)n1.O=CCc1noc(C(F)(F)F)n1.OCCc1noc(C(F)(F)F)n1.[Br-].[CH3-].[Mg+2]. The van der Waals surface area contributed by atoms with Crippen LogP contribution in [0, 0.1) is 7.43 Å². The van der Waals surface area contributed by atoms with Gasteiger partial charge in [-0.2, -0.15) is 54.5 Å². The molecule has 23 heteroatoms. The van der Waals surface area contributed by atoms with Crippen molar-refractivity contribution in [3.05, 3.63) is 42.6 Å². The molecule has 0 aliphatic heterocycles. The molecule has 0 bridgehead atoms. The molecule has 0 radical (unpaired) electrons. The van der Waals surface area contributed by atoms with Crippen LogP contribution in [0.15, 0.2) is 13.6 Å². The number of aliphatic hydroxyl groups is 2. The van der Waals surface area contributed by atoms with Gasteiger partial charge in [-0.25, -0.2) is 0 Å². The van der Waals surface area contributed by atoms with Gasteiger partial charge in [0.1, 0.15) is 6.29 Å². The summed E-state index contributed by atoms with van der Waals surface area (Å²) in [5, 5.41) is 26.1. The topological polar surface area (TPSA) is 174 Å². The van der Waals surface area contributed by atoms with E-state index in [1.54, 1.807) is 0 Å². The molecule has 1 atom stereocenters. The van der Waals surface area contributed by atoms with Gasteiger partial charge in [-0.1, -0.05) is 15.5 Å². The minimum atomic E-state index is -4.64. The third kappa shape index (κ3) is 15.4. The number of carbonyl (C=O) groups is 1. The number of alkyl halides is 9. The molecule has 3 heterocycles. The molecule has 2 N–H and O–H groups in total. The van der Waals surface area contributed by atoms with Gasteiger partial charge in [0.2, 0.25) is 0 Å². The van der Waals surface area contributed by atoms with Crippen molar-refractivity contribution >= 4 is 29.3 Å². The molecule has 0 amide bonds. The van der Waals surface area contributed by atoms with E-state index in [9.17, 15) is 44.3 Å². The number of carbonyl (C=O) groups excluding carboxylic acids is 1. The van der Waals surface area contributed by atoms with Crippen molar-refractivity contribution < 1.29 is 85.1 Å². The summed E-state index contributed by atoms with van der Waals surface area (Å²) < 4.78 is 118. The Morgan fingerprint density at radius 2 is 1.12 bits per heavy atom. The fraction of sp³-hybridized carbons (Fsp3) is 0.529. The third-order valence-corrected chi connectivity index (χ3v) is 3.21. The number of halogens is 10. The second-order valence-corrected chi connectivity index (χ2v) is 6.44. The first-order valence-electron chi connectivity index (χ1n) is 9.39. The first kappa shape index (κ1) is 42.1. The second-order valence-electron chi connectivity index (χ2n) is 6.44. The Hall–Kier alpha value is -2.37. The van der Waals surface area contributed by atoms with E-state index in [0.29, 0.717) is 6.29 Å². The normalized spacial score (nSPS) is 11.8. The van der Waals surface area contributed by atoms with Crippen molar-refractivity contribution in [2.45, 2.75) is 50.8 Å². The average molecular weight is 678 g/mol. The molecule has 0 aliphatic carbocycles. The Labute approximate surface area is 244 Å². The third-order valence-electron chi connectivity index (χ3n) is 3.21. The summed E-state index contributed by atoms with van der Waals surface area (Å²) in [6, 6.07) is 0. The van der Waals surface area contributed by atoms with Crippen molar-refractivity contribution in [3.63, 3.8) is 0 Å². The van der Waals surface area contributed by atoms with E-state index in [4.69, 9.17) is 10.2 Å². The number of rotatable bonds is 6. The van der Waals surface area contributed by atoms with Crippen LogP contribution in [0.4, 0.5) is 39.5 Å². The van der Waals surface area contributed by atoms with Gasteiger partial charge >= 0.3 is 59.3 Å². The van der Waals surface area contributed by atoms with Crippen LogP contribution in [0.5, 0.6) is 0 Å². The molecule has 224 valence electrons. The quantitative estimate of drug-likeness (QED) is 0.149. The number of nitrogens with zero attached hydrogens (tertiary/aromatic N) is 6. The predicted octanol–water partition coefficient (Wildman–Crippen LogP) is -0.462. The minimum absolute atomic E-state index is 0. The maximum atomic E-state index is 11.9. The average Bonchev–Trinajstić information content (AvgIpc) is 3.48. The maximum absolute atomic E-state index is 11.9. The largest absolute Gasteiger partial charge is 2.00 e. The van der Waals surface area contributed by atoms with Crippen LogP contribution in [0.25, 0.3) is 0 Å². The van der Waals surface area contributed by atoms with Gasteiger partial charge in [-0.3, -0.25) is 0 Å². The molecule has 0 saturated carbocycles. The number of aliphatic hydroxyl groups excluding tert-OH is 2. The Bertz CT molecular complexity index is 1100. The van der Waals surface area contributed by atoms with Gasteiger partial charge in [0.15, 0.2) is 17.5 Å². The second kappa shape index (κ2) is 18.1. The van der Waals surface area contributed by atoms with Crippen LogP contribution in [0.3, 0.4) is 0 Å². The van der Waals surface area contributed by atoms with E-state index in [2.05, 4.69) is 44.0 Å². The first-order chi connectivity index (χ1) is 17.0. The number of hydrogen-bond donors (Lipinski definition) is 2. The summed E-state index contributed by atoms with van der Waals surface area (Å²) in [6.07, 6.45) is -14.7. The standard InChI is InChI=1S/C6H7F3N2O2.C5H5F3N2O2.C5H3F3N2O2.CH3.BrH.Mg/c1-3(12)2-4-10-5(13-11-4)6(7,8)9;2*6-5(7,8)4-9-3(1-2-11)10-12-4;;;/h3,12H,2H2,1H3;11H,1-2H2;2H,1H2;1H3;1H;/q;;;-1;;+2/p-1. The zero-order valence-corrected chi connectivity index (χ0v) is 23.2. The molecule has 12 nitrogen and oxygen atoms in total. The van der Waals surface area contributed by atoms with Crippen molar-refractivity contribution in [1.82, 2.24) is 30.4 Å². The Balaban J connectivity index is -0.000000495. The number of hydrogen-bond acceptors (Lipinski definition) is 12.